The van der Waals surface area contributed by atoms with Crippen LogP contribution in [-0.4, -0.2) is 22.2 Å². The largest absolute Gasteiger partial charge is 0.478 e. The Bertz CT molecular complexity index is 287. The van der Waals surface area contributed by atoms with Gasteiger partial charge in [-0.25, -0.2) is 9.59 Å². The highest BCUT2D eigenvalue weighted by Gasteiger charge is 2.12. The van der Waals surface area contributed by atoms with Gasteiger partial charge < -0.3 is 10.2 Å². The molecule has 0 atom stereocenters. The first-order valence-electron chi connectivity index (χ1n) is 4.65. The molecule has 84 valence electrons. The highest BCUT2D eigenvalue weighted by atomic mass is 16.4. The molecule has 0 radical (unpaired) electrons. The highest BCUT2D eigenvalue weighted by molar-refractivity contribution is 5.80. The van der Waals surface area contributed by atoms with Crippen molar-refractivity contribution in [2.45, 2.75) is 26.7 Å². The van der Waals surface area contributed by atoms with E-state index in [1.54, 1.807) is 12.2 Å². The Hall–Kier alpha value is -1.58. The van der Waals surface area contributed by atoms with Crippen LogP contribution < -0.4 is 0 Å². The SMILES string of the molecule is CC(C)(C=CC(=O)O)CCC=CC(=O)O. The fraction of sp³-hybridized carbons (Fsp3) is 0.455. The number of aliphatic carboxylic acids is 2. The molecule has 0 heterocycles. The summed E-state index contributed by atoms with van der Waals surface area (Å²) in [6, 6.07) is 0. The molecule has 0 aliphatic carbocycles. The molecule has 4 nitrogen and oxygen atoms in total. The van der Waals surface area contributed by atoms with E-state index in [-0.39, 0.29) is 5.41 Å². The van der Waals surface area contributed by atoms with Crippen molar-refractivity contribution in [2.24, 2.45) is 5.41 Å². The summed E-state index contributed by atoms with van der Waals surface area (Å²) in [6.45, 7) is 3.81. The molecular weight excluding hydrogens is 196 g/mol. The van der Waals surface area contributed by atoms with Crippen LogP contribution in [0.3, 0.4) is 0 Å². The maximum absolute atomic E-state index is 10.3. The second-order valence-electron chi connectivity index (χ2n) is 3.94. The fourth-order valence-electron chi connectivity index (χ4n) is 1.02. The minimum atomic E-state index is -0.968. The molecule has 0 rings (SSSR count). The van der Waals surface area contributed by atoms with E-state index >= 15 is 0 Å². The molecule has 0 saturated carbocycles. The average molecular weight is 212 g/mol. The van der Waals surface area contributed by atoms with Crippen molar-refractivity contribution >= 4 is 11.9 Å². The first-order chi connectivity index (χ1) is 6.83. The molecule has 4 heteroatoms. The predicted molar refractivity (Wildman–Crippen MR) is 56.6 cm³/mol. The van der Waals surface area contributed by atoms with Crippen molar-refractivity contribution < 1.29 is 19.8 Å². The molecule has 0 aliphatic heterocycles. The zero-order chi connectivity index (χ0) is 11.9. The van der Waals surface area contributed by atoms with E-state index in [2.05, 4.69) is 0 Å². The molecule has 0 spiro atoms. The van der Waals surface area contributed by atoms with E-state index in [1.165, 1.54) is 0 Å². The van der Waals surface area contributed by atoms with E-state index in [4.69, 9.17) is 10.2 Å². The van der Waals surface area contributed by atoms with Crippen LogP contribution in [0.15, 0.2) is 24.3 Å². The number of hydrogen-bond acceptors (Lipinski definition) is 2. The Kier molecular flexibility index (Phi) is 5.37. The molecule has 0 aliphatic rings. The van der Waals surface area contributed by atoms with E-state index in [0.717, 1.165) is 12.2 Å². The molecule has 0 aromatic carbocycles. The Morgan fingerprint density at radius 3 is 2.13 bits per heavy atom. The smallest absolute Gasteiger partial charge is 0.327 e. The second kappa shape index (κ2) is 6.01. The maximum Gasteiger partial charge on any atom is 0.327 e. The van der Waals surface area contributed by atoms with Gasteiger partial charge in [0.05, 0.1) is 0 Å². The summed E-state index contributed by atoms with van der Waals surface area (Å²) in [5, 5.41) is 16.8. The zero-order valence-electron chi connectivity index (χ0n) is 8.93. The summed E-state index contributed by atoms with van der Waals surface area (Å²) in [4.78, 5) is 20.4. The molecule has 0 bridgehead atoms. The number of carboxylic acid groups (broad SMARTS) is 2. The van der Waals surface area contributed by atoms with Crippen molar-refractivity contribution in [2.75, 3.05) is 0 Å². The fourth-order valence-corrected chi connectivity index (χ4v) is 1.02. The monoisotopic (exact) mass is 212 g/mol. The summed E-state index contributed by atoms with van der Waals surface area (Å²) in [5.74, 6) is -1.93. The maximum atomic E-state index is 10.3. The molecule has 0 aromatic rings. The lowest BCUT2D eigenvalue weighted by atomic mass is 9.87. The lowest BCUT2D eigenvalue weighted by Gasteiger charge is -2.18. The van der Waals surface area contributed by atoms with E-state index in [1.807, 2.05) is 13.8 Å². The molecule has 0 fully saturated rings. The molecule has 0 amide bonds. The van der Waals surface area contributed by atoms with Gasteiger partial charge in [0, 0.05) is 12.2 Å². The number of carbonyl (C=O) groups is 2. The minimum absolute atomic E-state index is 0.235. The van der Waals surface area contributed by atoms with Gasteiger partial charge in [0.1, 0.15) is 0 Å². The Balaban J connectivity index is 4.04. The topological polar surface area (TPSA) is 74.6 Å². The van der Waals surface area contributed by atoms with Crippen LogP contribution in [0.2, 0.25) is 0 Å². The van der Waals surface area contributed by atoms with Gasteiger partial charge in [-0.3, -0.25) is 0 Å². The molecule has 0 unspecified atom stereocenters. The zero-order valence-corrected chi connectivity index (χ0v) is 8.93. The van der Waals surface area contributed by atoms with Gasteiger partial charge in [0.15, 0.2) is 0 Å². The second-order valence-corrected chi connectivity index (χ2v) is 3.94. The first-order valence-corrected chi connectivity index (χ1v) is 4.65. The molecule has 2 N–H and O–H groups in total. The molecular formula is C11H16O4. The van der Waals surface area contributed by atoms with Crippen LogP contribution >= 0.6 is 0 Å². The van der Waals surface area contributed by atoms with Crippen LogP contribution in [0.1, 0.15) is 26.7 Å². The summed E-state index contributed by atoms with van der Waals surface area (Å²) in [5.41, 5.74) is -0.235. The van der Waals surface area contributed by atoms with Gasteiger partial charge in [-0.15, -0.1) is 0 Å². The van der Waals surface area contributed by atoms with Crippen molar-refractivity contribution in [3.8, 4) is 0 Å². The third-order valence-electron chi connectivity index (χ3n) is 1.89. The van der Waals surface area contributed by atoms with Crippen LogP contribution in [0, 0.1) is 5.41 Å². The van der Waals surface area contributed by atoms with E-state index in [9.17, 15) is 9.59 Å². The average Bonchev–Trinajstić information content (AvgIpc) is 2.09. The number of rotatable bonds is 6. The quantitative estimate of drug-likeness (QED) is 0.661. The number of carboxylic acids is 2. The lowest BCUT2D eigenvalue weighted by Crippen LogP contribution is -2.07. The van der Waals surface area contributed by atoms with Gasteiger partial charge in [-0.05, 0) is 18.3 Å². The molecule has 15 heavy (non-hydrogen) atoms. The van der Waals surface area contributed by atoms with Crippen LogP contribution in [-0.2, 0) is 9.59 Å². The summed E-state index contributed by atoms with van der Waals surface area (Å²) >= 11 is 0. The Morgan fingerprint density at radius 2 is 1.67 bits per heavy atom. The minimum Gasteiger partial charge on any atom is -0.478 e. The highest BCUT2D eigenvalue weighted by Crippen LogP contribution is 2.24. The van der Waals surface area contributed by atoms with Crippen LogP contribution in [0.25, 0.3) is 0 Å². The predicted octanol–water partition coefficient (Wildman–Crippen LogP) is 2.07. The van der Waals surface area contributed by atoms with Crippen molar-refractivity contribution in [1.82, 2.24) is 0 Å². The van der Waals surface area contributed by atoms with Gasteiger partial charge in [0.25, 0.3) is 0 Å². The van der Waals surface area contributed by atoms with E-state index < -0.39 is 11.9 Å². The standard InChI is InChI=1S/C11H16O4/c1-11(2,8-6-10(14)15)7-4-3-5-9(12)13/h3,5-6,8H,4,7H2,1-2H3,(H,12,13)(H,14,15). The molecule has 0 saturated heterocycles. The van der Waals surface area contributed by atoms with Crippen molar-refractivity contribution in [3.63, 3.8) is 0 Å². The third-order valence-corrected chi connectivity index (χ3v) is 1.89. The number of allylic oxidation sites excluding steroid dienone is 2. The third kappa shape index (κ3) is 8.74. The van der Waals surface area contributed by atoms with Crippen molar-refractivity contribution in [1.29, 1.82) is 0 Å². The summed E-state index contributed by atoms with van der Waals surface area (Å²) in [7, 11) is 0. The summed E-state index contributed by atoms with van der Waals surface area (Å²) in [6.07, 6.45) is 6.71. The Morgan fingerprint density at radius 1 is 1.13 bits per heavy atom. The van der Waals surface area contributed by atoms with Crippen molar-refractivity contribution in [3.05, 3.63) is 24.3 Å². The van der Waals surface area contributed by atoms with Gasteiger partial charge in [0.2, 0.25) is 0 Å². The van der Waals surface area contributed by atoms with Crippen LogP contribution in [0.4, 0.5) is 0 Å². The molecule has 0 aromatic heterocycles. The lowest BCUT2D eigenvalue weighted by molar-refractivity contribution is -0.132. The summed E-state index contributed by atoms with van der Waals surface area (Å²) < 4.78 is 0. The van der Waals surface area contributed by atoms with Gasteiger partial charge >= 0.3 is 11.9 Å². The van der Waals surface area contributed by atoms with Crippen LogP contribution in [0.5, 0.6) is 0 Å². The first kappa shape index (κ1) is 13.4. The Labute approximate surface area is 88.9 Å². The normalized spacial score (nSPS) is 12.4. The van der Waals surface area contributed by atoms with Gasteiger partial charge in [-0.2, -0.15) is 0 Å². The van der Waals surface area contributed by atoms with Gasteiger partial charge in [-0.1, -0.05) is 26.0 Å². The number of hydrogen-bond donors (Lipinski definition) is 2. The van der Waals surface area contributed by atoms with E-state index in [0.29, 0.717) is 12.8 Å².